The molecule has 2 aromatic heterocycles. The Kier molecular flexibility index (Phi) is 6.12. The number of halogens is 2. The van der Waals surface area contributed by atoms with Gasteiger partial charge in [0.05, 0.1) is 6.26 Å². The first-order valence-corrected chi connectivity index (χ1v) is 10.3. The second kappa shape index (κ2) is 9.13. The highest BCUT2D eigenvalue weighted by Gasteiger charge is 2.27. The number of thiazole rings is 1. The van der Waals surface area contributed by atoms with Crippen LogP contribution >= 0.6 is 11.3 Å². The molecule has 4 rings (SSSR count). The molecule has 1 aliphatic rings. The summed E-state index contributed by atoms with van der Waals surface area (Å²) in [6, 6.07) is 9.26. The minimum atomic E-state index is -2.88. The van der Waals surface area contributed by atoms with Gasteiger partial charge in [-0.05, 0) is 36.4 Å². The van der Waals surface area contributed by atoms with Crippen molar-refractivity contribution in [3.05, 3.63) is 59.5 Å². The number of hydrogen-bond acceptors (Lipinski definition) is 7. The fourth-order valence-corrected chi connectivity index (χ4v) is 3.81. The largest absolute Gasteiger partial charge is 0.459 e. The number of benzene rings is 1. The zero-order valence-electron chi connectivity index (χ0n) is 16.2. The average molecular weight is 448 g/mol. The quantitative estimate of drug-likeness (QED) is 0.619. The van der Waals surface area contributed by atoms with Gasteiger partial charge in [-0.2, -0.15) is 8.78 Å². The fraction of sp³-hybridized carbons (Fsp3) is 0.250. The lowest BCUT2D eigenvalue weighted by molar-refractivity contribution is -0.0498. The summed E-state index contributed by atoms with van der Waals surface area (Å²) in [4.78, 5) is 32.7. The third-order valence-electron chi connectivity index (χ3n) is 4.64. The molecule has 1 N–H and O–H groups in total. The highest BCUT2D eigenvalue weighted by molar-refractivity contribution is 7.14. The Hall–Kier alpha value is -3.47. The van der Waals surface area contributed by atoms with E-state index >= 15 is 0 Å². The molecule has 1 aliphatic heterocycles. The van der Waals surface area contributed by atoms with E-state index in [-0.39, 0.29) is 23.3 Å². The Morgan fingerprint density at radius 2 is 1.74 bits per heavy atom. The SMILES string of the molecule is O=C(c1csc(Nc2ccc(OC(F)F)cc2)n1)N1CCN(C(=O)c2ccco2)CC1. The molecule has 1 aromatic carbocycles. The number of piperazine rings is 1. The van der Waals surface area contributed by atoms with E-state index < -0.39 is 6.61 Å². The molecular formula is C20H18F2N4O4S. The minimum Gasteiger partial charge on any atom is -0.459 e. The van der Waals surface area contributed by atoms with Gasteiger partial charge in [0.2, 0.25) is 0 Å². The van der Waals surface area contributed by atoms with E-state index in [2.05, 4.69) is 15.0 Å². The number of aromatic nitrogens is 1. The van der Waals surface area contributed by atoms with E-state index in [1.807, 2.05) is 0 Å². The van der Waals surface area contributed by atoms with Crippen LogP contribution in [-0.4, -0.2) is 59.4 Å². The van der Waals surface area contributed by atoms with Gasteiger partial charge in [-0.1, -0.05) is 0 Å². The molecule has 11 heteroatoms. The summed E-state index contributed by atoms with van der Waals surface area (Å²) in [7, 11) is 0. The zero-order valence-corrected chi connectivity index (χ0v) is 17.0. The first kappa shape index (κ1) is 20.8. The number of anilines is 2. The van der Waals surface area contributed by atoms with Crippen LogP contribution in [-0.2, 0) is 0 Å². The van der Waals surface area contributed by atoms with Gasteiger partial charge in [0.25, 0.3) is 11.8 Å². The number of ether oxygens (including phenoxy) is 1. The molecule has 8 nitrogen and oxygen atoms in total. The van der Waals surface area contributed by atoms with Crippen molar-refractivity contribution in [2.45, 2.75) is 6.61 Å². The normalized spacial score (nSPS) is 14.0. The fourth-order valence-electron chi connectivity index (χ4n) is 3.10. The Labute approximate surface area is 180 Å². The van der Waals surface area contributed by atoms with Crippen molar-refractivity contribution >= 4 is 34.0 Å². The van der Waals surface area contributed by atoms with E-state index in [0.29, 0.717) is 42.7 Å². The third-order valence-corrected chi connectivity index (χ3v) is 5.40. The predicted octanol–water partition coefficient (Wildman–Crippen LogP) is 3.68. The number of hydrogen-bond donors (Lipinski definition) is 1. The third kappa shape index (κ3) is 5.00. The molecular weight excluding hydrogens is 430 g/mol. The Morgan fingerprint density at radius 1 is 1.06 bits per heavy atom. The lowest BCUT2D eigenvalue weighted by atomic mass is 10.2. The lowest BCUT2D eigenvalue weighted by Crippen LogP contribution is -2.50. The maximum Gasteiger partial charge on any atom is 0.387 e. The van der Waals surface area contributed by atoms with Gasteiger partial charge in [-0.3, -0.25) is 9.59 Å². The molecule has 3 heterocycles. The Balaban J connectivity index is 1.32. The lowest BCUT2D eigenvalue weighted by Gasteiger charge is -2.33. The zero-order chi connectivity index (χ0) is 21.8. The maximum atomic E-state index is 12.8. The van der Waals surface area contributed by atoms with Gasteiger partial charge in [-0.15, -0.1) is 11.3 Å². The van der Waals surface area contributed by atoms with E-state index in [1.54, 1.807) is 39.4 Å². The number of carbonyl (C=O) groups excluding carboxylic acids is 2. The van der Waals surface area contributed by atoms with Crippen LogP contribution in [0.1, 0.15) is 21.0 Å². The maximum absolute atomic E-state index is 12.8. The van der Waals surface area contributed by atoms with E-state index in [0.717, 1.165) is 0 Å². The van der Waals surface area contributed by atoms with Crippen LogP contribution in [0.5, 0.6) is 5.75 Å². The Bertz CT molecular complexity index is 1030. The summed E-state index contributed by atoms with van der Waals surface area (Å²) in [6.45, 7) is -1.26. The van der Waals surface area contributed by atoms with E-state index in [9.17, 15) is 18.4 Å². The van der Waals surface area contributed by atoms with Crippen molar-refractivity contribution in [3.8, 4) is 5.75 Å². The average Bonchev–Trinajstić information content (AvgIpc) is 3.46. The summed E-state index contributed by atoms with van der Waals surface area (Å²) in [6.07, 6.45) is 1.45. The van der Waals surface area contributed by atoms with Crippen molar-refractivity contribution in [1.29, 1.82) is 0 Å². The first-order chi connectivity index (χ1) is 15.0. The molecule has 1 saturated heterocycles. The molecule has 31 heavy (non-hydrogen) atoms. The highest BCUT2D eigenvalue weighted by Crippen LogP contribution is 2.24. The van der Waals surface area contributed by atoms with Gasteiger partial charge in [0.15, 0.2) is 10.9 Å². The van der Waals surface area contributed by atoms with Gasteiger partial charge < -0.3 is 24.3 Å². The molecule has 1 fully saturated rings. The summed E-state index contributed by atoms with van der Waals surface area (Å²) >= 11 is 1.26. The Morgan fingerprint density at radius 3 is 2.35 bits per heavy atom. The number of nitrogens with one attached hydrogen (secondary N) is 1. The monoisotopic (exact) mass is 448 g/mol. The van der Waals surface area contributed by atoms with E-state index in [1.165, 1.54) is 29.7 Å². The van der Waals surface area contributed by atoms with Gasteiger partial charge >= 0.3 is 6.61 Å². The standard InChI is InChI=1S/C20H18F2N4O4S/c21-19(22)30-14-5-3-13(4-6-14)23-20-24-15(12-31-20)17(27)25-7-9-26(10-8-25)18(28)16-2-1-11-29-16/h1-6,11-12,19H,7-10H2,(H,23,24). The van der Waals surface area contributed by atoms with Crippen LogP contribution in [0.25, 0.3) is 0 Å². The molecule has 0 atom stereocenters. The number of carbonyl (C=O) groups is 2. The van der Waals surface area contributed by atoms with Gasteiger partial charge in [0, 0.05) is 37.2 Å². The van der Waals surface area contributed by atoms with Crippen LogP contribution in [0.2, 0.25) is 0 Å². The second-order valence-electron chi connectivity index (χ2n) is 6.63. The smallest absolute Gasteiger partial charge is 0.387 e. The van der Waals surface area contributed by atoms with Crippen molar-refractivity contribution in [1.82, 2.24) is 14.8 Å². The number of rotatable bonds is 6. The molecule has 0 radical (unpaired) electrons. The molecule has 3 aromatic rings. The topological polar surface area (TPSA) is 87.9 Å². The molecule has 0 aliphatic carbocycles. The molecule has 0 unspecified atom stereocenters. The van der Waals surface area contributed by atoms with Crippen LogP contribution in [0.3, 0.4) is 0 Å². The minimum absolute atomic E-state index is 0.0558. The molecule has 162 valence electrons. The van der Waals surface area contributed by atoms with Crippen LogP contribution in [0.15, 0.2) is 52.5 Å². The molecule has 0 saturated carbocycles. The summed E-state index contributed by atoms with van der Waals surface area (Å²) < 4.78 is 33.9. The van der Waals surface area contributed by atoms with Gasteiger partial charge in [-0.25, -0.2) is 4.98 Å². The summed E-state index contributed by atoms with van der Waals surface area (Å²) in [5.41, 5.74) is 0.927. The molecule has 0 spiro atoms. The van der Waals surface area contributed by atoms with Crippen molar-refractivity contribution in [2.75, 3.05) is 31.5 Å². The van der Waals surface area contributed by atoms with Gasteiger partial charge in [0.1, 0.15) is 11.4 Å². The van der Waals surface area contributed by atoms with Crippen molar-refractivity contribution in [3.63, 3.8) is 0 Å². The number of furan rings is 1. The number of alkyl halides is 2. The predicted molar refractivity (Wildman–Crippen MR) is 109 cm³/mol. The van der Waals surface area contributed by atoms with Crippen LogP contribution in [0.4, 0.5) is 19.6 Å². The van der Waals surface area contributed by atoms with Crippen LogP contribution in [0, 0.1) is 0 Å². The molecule has 0 bridgehead atoms. The number of nitrogens with zero attached hydrogens (tertiary/aromatic N) is 3. The number of amides is 2. The van der Waals surface area contributed by atoms with Crippen molar-refractivity contribution < 1.29 is 27.5 Å². The first-order valence-electron chi connectivity index (χ1n) is 9.39. The van der Waals surface area contributed by atoms with Crippen LogP contribution < -0.4 is 10.1 Å². The van der Waals surface area contributed by atoms with Crippen molar-refractivity contribution in [2.24, 2.45) is 0 Å². The highest BCUT2D eigenvalue weighted by atomic mass is 32.1. The second-order valence-corrected chi connectivity index (χ2v) is 7.49. The summed E-state index contributed by atoms with van der Waals surface area (Å²) in [5, 5.41) is 5.18. The summed E-state index contributed by atoms with van der Waals surface area (Å²) in [5.74, 6) is -0.0682. The van der Waals surface area contributed by atoms with E-state index in [4.69, 9.17) is 4.42 Å². The molecule has 2 amide bonds.